The summed E-state index contributed by atoms with van der Waals surface area (Å²) in [5, 5.41) is 0. The third-order valence-corrected chi connectivity index (χ3v) is 5.16. The van der Waals surface area contributed by atoms with Crippen molar-refractivity contribution in [3.8, 4) is 5.75 Å². The first-order valence-corrected chi connectivity index (χ1v) is 9.13. The number of amides is 1. The molecule has 0 spiro atoms. The number of nitrogens with zero attached hydrogens (tertiary/aromatic N) is 2. The molecule has 2 aromatic carbocycles. The van der Waals surface area contributed by atoms with Crippen molar-refractivity contribution >= 4 is 17.3 Å². The molecule has 3 rings (SSSR count). The monoisotopic (exact) mass is 371 g/mol. The molecule has 0 fully saturated rings. The number of ether oxygens (including phenoxy) is 1. The molecule has 1 unspecified atom stereocenters. The summed E-state index contributed by atoms with van der Waals surface area (Å²) in [7, 11) is 3.17. The van der Waals surface area contributed by atoms with Crippen LogP contribution in [0.25, 0.3) is 0 Å². The van der Waals surface area contributed by atoms with E-state index in [-0.39, 0.29) is 17.7 Å². The summed E-state index contributed by atoms with van der Waals surface area (Å²) < 4.78 is 18.8. The molecule has 1 aliphatic heterocycles. The predicted octanol–water partition coefficient (Wildman–Crippen LogP) is 3.22. The maximum absolute atomic E-state index is 13.9. The minimum absolute atomic E-state index is 0.0125. The normalized spacial score (nSPS) is 14.4. The van der Waals surface area contributed by atoms with Crippen molar-refractivity contribution in [1.82, 2.24) is 4.90 Å². The number of fused-ring (bicyclic) bond motifs is 1. The molecule has 2 N–H and O–H groups in total. The Kier molecular flexibility index (Phi) is 5.54. The van der Waals surface area contributed by atoms with E-state index >= 15 is 0 Å². The molecule has 0 saturated carbocycles. The van der Waals surface area contributed by atoms with Crippen LogP contribution in [0.15, 0.2) is 36.4 Å². The fraction of sp³-hybridized carbons (Fsp3) is 0.381. The zero-order valence-electron chi connectivity index (χ0n) is 16.0. The zero-order valence-corrected chi connectivity index (χ0v) is 16.0. The summed E-state index contributed by atoms with van der Waals surface area (Å²) in [4.78, 5) is 16.7. The number of carbonyl (C=O) groups is 1. The van der Waals surface area contributed by atoms with Gasteiger partial charge < -0.3 is 20.3 Å². The van der Waals surface area contributed by atoms with Crippen molar-refractivity contribution in [2.45, 2.75) is 32.4 Å². The Morgan fingerprint density at radius 2 is 2.15 bits per heavy atom. The number of anilines is 2. The molecular formula is C21H26FN3O2. The van der Waals surface area contributed by atoms with Gasteiger partial charge in [-0.2, -0.15) is 0 Å². The number of nitrogens with two attached hydrogens (primary N) is 1. The first-order chi connectivity index (χ1) is 12.9. The summed E-state index contributed by atoms with van der Waals surface area (Å²) in [6.07, 6.45) is 1.90. The highest BCUT2D eigenvalue weighted by Crippen LogP contribution is 2.32. The number of hydrogen-bond acceptors (Lipinski definition) is 4. The number of methoxy groups -OCH3 is 1. The molecule has 1 atom stereocenters. The number of likely N-dealkylation sites (N-methyl/N-ethyl adjacent to an activating group) is 1. The second-order valence-corrected chi connectivity index (χ2v) is 6.98. The predicted molar refractivity (Wildman–Crippen MR) is 105 cm³/mol. The Morgan fingerprint density at radius 3 is 2.85 bits per heavy atom. The Bertz CT molecular complexity index is 840. The fourth-order valence-electron chi connectivity index (χ4n) is 3.69. The second-order valence-electron chi connectivity index (χ2n) is 6.98. The van der Waals surface area contributed by atoms with Crippen LogP contribution in [0.2, 0.25) is 0 Å². The van der Waals surface area contributed by atoms with Gasteiger partial charge in [0.1, 0.15) is 6.04 Å². The lowest BCUT2D eigenvalue weighted by Gasteiger charge is -2.37. The highest BCUT2D eigenvalue weighted by molar-refractivity contribution is 5.85. The molecule has 0 aliphatic carbocycles. The number of rotatable bonds is 5. The quantitative estimate of drug-likeness (QED) is 0.820. The Hall–Kier alpha value is -2.76. The van der Waals surface area contributed by atoms with Crippen LogP contribution in [-0.4, -0.2) is 37.6 Å². The van der Waals surface area contributed by atoms with Gasteiger partial charge in [0.15, 0.2) is 11.6 Å². The molecule has 2 aromatic rings. The zero-order chi connectivity index (χ0) is 19.6. The van der Waals surface area contributed by atoms with Crippen molar-refractivity contribution in [3.05, 3.63) is 53.3 Å². The van der Waals surface area contributed by atoms with Crippen molar-refractivity contribution in [2.75, 3.05) is 31.3 Å². The molecule has 1 heterocycles. The molecule has 144 valence electrons. The molecule has 1 amide bonds. The number of hydrogen-bond donors (Lipinski definition) is 1. The Labute approximate surface area is 159 Å². The van der Waals surface area contributed by atoms with E-state index in [4.69, 9.17) is 10.5 Å². The first-order valence-electron chi connectivity index (χ1n) is 9.13. The molecule has 0 saturated heterocycles. The second kappa shape index (κ2) is 7.86. The molecule has 5 nitrogen and oxygen atoms in total. The van der Waals surface area contributed by atoms with Gasteiger partial charge in [0.05, 0.1) is 7.11 Å². The van der Waals surface area contributed by atoms with Gasteiger partial charge in [0, 0.05) is 31.5 Å². The van der Waals surface area contributed by atoms with E-state index in [9.17, 15) is 9.18 Å². The minimum Gasteiger partial charge on any atom is -0.494 e. The van der Waals surface area contributed by atoms with E-state index in [1.54, 1.807) is 24.1 Å². The van der Waals surface area contributed by atoms with Crippen LogP contribution < -0.4 is 15.4 Å². The van der Waals surface area contributed by atoms with Gasteiger partial charge in [-0.3, -0.25) is 4.79 Å². The van der Waals surface area contributed by atoms with Gasteiger partial charge in [0.2, 0.25) is 5.91 Å². The molecule has 0 aromatic heterocycles. The topological polar surface area (TPSA) is 58.8 Å². The number of halogens is 1. The van der Waals surface area contributed by atoms with Crippen molar-refractivity contribution in [1.29, 1.82) is 0 Å². The molecule has 27 heavy (non-hydrogen) atoms. The molecule has 6 heteroatoms. The van der Waals surface area contributed by atoms with Crippen LogP contribution in [0.1, 0.15) is 24.5 Å². The van der Waals surface area contributed by atoms with Crippen molar-refractivity contribution < 1.29 is 13.9 Å². The van der Waals surface area contributed by atoms with Gasteiger partial charge in [-0.25, -0.2) is 4.39 Å². The molecule has 1 aliphatic rings. The lowest BCUT2D eigenvalue weighted by molar-refractivity contribution is -0.131. The fourth-order valence-corrected chi connectivity index (χ4v) is 3.69. The Balaban J connectivity index is 1.74. The highest BCUT2D eigenvalue weighted by Gasteiger charge is 2.28. The summed E-state index contributed by atoms with van der Waals surface area (Å²) in [5.41, 5.74) is 9.76. The summed E-state index contributed by atoms with van der Waals surface area (Å²) >= 11 is 0. The molecule has 0 bridgehead atoms. The van der Waals surface area contributed by atoms with Crippen molar-refractivity contribution in [3.63, 3.8) is 0 Å². The minimum atomic E-state index is -0.427. The smallest absolute Gasteiger partial charge is 0.245 e. The van der Waals surface area contributed by atoms with Gasteiger partial charge in [-0.05, 0) is 55.2 Å². The number of carbonyl (C=O) groups excluding carboxylic acids is 1. The maximum atomic E-state index is 13.9. The summed E-state index contributed by atoms with van der Waals surface area (Å²) in [5.74, 6) is -0.241. The maximum Gasteiger partial charge on any atom is 0.245 e. The van der Waals surface area contributed by atoms with Crippen LogP contribution >= 0.6 is 0 Å². The third-order valence-electron chi connectivity index (χ3n) is 5.16. The number of nitrogen functional groups attached to an aromatic ring is 1. The summed E-state index contributed by atoms with van der Waals surface area (Å²) in [6.45, 7) is 3.06. The van der Waals surface area contributed by atoms with Gasteiger partial charge in [0.25, 0.3) is 0 Å². The van der Waals surface area contributed by atoms with E-state index < -0.39 is 5.82 Å². The van der Waals surface area contributed by atoms with Crippen molar-refractivity contribution in [2.24, 2.45) is 0 Å². The van der Waals surface area contributed by atoms with E-state index in [0.29, 0.717) is 6.54 Å². The van der Waals surface area contributed by atoms with Crippen LogP contribution in [-0.2, 0) is 17.8 Å². The first kappa shape index (κ1) is 19.0. The third kappa shape index (κ3) is 3.84. The average Bonchev–Trinajstić information content (AvgIpc) is 2.67. The molecule has 0 radical (unpaired) electrons. The van der Waals surface area contributed by atoms with E-state index in [1.807, 2.05) is 25.1 Å². The van der Waals surface area contributed by atoms with E-state index in [0.717, 1.165) is 41.9 Å². The van der Waals surface area contributed by atoms with Gasteiger partial charge in [-0.15, -0.1) is 0 Å². The standard InChI is InChI=1S/C21H26FN3O2/c1-14(25-11-5-6-16-18(23)7-4-8-19(16)25)21(26)24(2)13-15-9-10-20(27-3)17(22)12-15/h4,7-10,12,14H,5-6,11,13,23H2,1-3H3. The lowest BCUT2D eigenvalue weighted by atomic mass is 9.98. The van der Waals surface area contributed by atoms with Gasteiger partial charge in [-0.1, -0.05) is 12.1 Å². The number of benzene rings is 2. The van der Waals surface area contributed by atoms with Crippen LogP contribution in [0.5, 0.6) is 5.75 Å². The van der Waals surface area contributed by atoms with Crippen LogP contribution in [0, 0.1) is 5.82 Å². The SMILES string of the molecule is COc1ccc(CN(C)C(=O)C(C)N2CCCc3c(N)cccc32)cc1F. The largest absolute Gasteiger partial charge is 0.494 e. The van der Waals surface area contributed by atoms with Crippen LogP contribution in [0.4, 0.5) is 15.8 Å². The van der Waals surface area contributed by atoms with E-state index in [2.05, 4.69) is 4.90 Å². The highest BCUT2D eigenvalue weighted by atomic mass is 19.1. The molecular weight excluding hydrogens is 345 g/mol. The lowest BCUT2D eigenvalue weighted by Crippen LogP contribution is -2.47. The van der Waals surface area contributed by atoms with Crippen LogP contribution in [0.3, 0.4) is 0 Å². The summed E-state index contributed by atoms with van der Waals surface area (Å²) in [6, 6.07) is 10.3. The van der Waals surface area contributed by atoms with E-state index in [1.165, 1.54) is 13.2 Å². The average molecular weight is 371 g/mol. The Morgan fingerprint density at radius 1 is 1.37 bits per heavy atom. The van der Waals surface area contributed by atoms with Gasteiger partial charge >= 0.3 is 0 Å².